The van der Waals surface area contributed by atoms with Crippen molar-refractivity contribution in [1.82, 2.24) is 0 Å². The first kappa shape index (κ1) is 28.8. The number of nitrogens with zero attached hydrogens (tertiary/aromatic N) is 1. The zero-order valence-corrected chi connectivity index (χ0v) is 24.1. The first-order valence-corrected chi connectivity index (χ1v) is 13.4. The molecule has 0 aliphatic carbocycles. The number of nitrogens with one attached hydrogen (secondary N) is 2. The maximum absolute atomic E-state index is 13.1. The number of aliphatic carboxylic acids is 1. The topological polar surface area (TPSA) is 108 Å². The molecule has 2 aromatic rings. The Morgan fingerprint density at radius 2 is 1.86 bits per heavy atom. The van der Waals surface area contributed by atoms with E-state index < -0.39 is 23.2 Å². The Morgan fingerprint density at radius 3 is 2.46 bits per heavy atom. The Hall–Kier alpha value is -2.79. The summed E-state index contributed by atoms with van der Waals surface area (Å²) in [7, 11) is 0. The molecule has 1 aliphatic rings. The fourth-order valence-electron chi connectivity index (χ4n) is 3.92. The third kappa shape index (κ3) is 7.38. The van der Waals surface area contributed by atoms with Crippen LogP contribution < -0.4 is 15.5 Å². The monoisotopic (exact) mass is 639 g/mol. The van der Waals surface area contributed by atoms with Crippen LogP contribution in [-0.4, -0.2) is 40.8 Å². The number of ether oxygens (including phenoxy) is 1. The van der Waals surface area contributed by atoms with E-state index in [0.29, 0.717) is 47.0 Å². The summed E-state index contributed by atoms with van der Waals surface area (Å²) in [5, 5.41) is 16.4. The number of carbonyl (C=O) groups is 3. The molecule has 1 atom stereocenters. The minimum absolute atomic E-state index is 0.134. The molecule has 0 spiro atoms. The summed E-state index contributed by atoms with van der Waals surface area (Å²) in [6, 6.07) is 12.2. The number of halogens is 2. The SMILES string of the molecule is CCC(C/C=C1/CCN(c2ccc(NC(=O)OC(C)(C)C)cc2)C1=O)(Nc1cc(Cl)ccc1I)C(=O)O. The Morgan fingerprint density at radius 1 is 1.19 bits per heavy atom. The van der Waals surface area contributed by atoms with Crippen LogP contribution in [0.25, 0.3) is 0 Å². The van der Waals surface area contributed by atoms with Crippen LogP contribution in [-0.2, 0) is 14.3 Å². The van der Waals surface area contributed by atoms with Gasteiger partial charge in [-0.3, -0.25) is 10.1 Å². The van der Waals surface area contributed by atoms with Crippen molar-refractivity contribution in [3.63, 3.8) is 0 Å². The van der Waals surface area contributed by atoms with Gasteiger partial charge in [0, 0.05) is 37.8 Å². The summed E-state index contributed by atoms with van der Waals surface area (Å²) in [4.78, 5) is 39.1. The van der Waals surface area contributed by atoms with Crippen molar-refractivity contribution in [3.05, 3.63) is 62.7 Å². The number of hydrogen-bond donors (Lipinski definition) is 3. The second kappa shape index (κ2) is 11.7. The highest BCUT2D eigenvalue weighted by atomic mass is 127. The van der Waals surface area contributed by atoms with Crippen molar-refractivity contribution in [2.24, 2.45) is 0 Å². The molecule has 0 bridgehead atoms. The molecule has 1 aliphatic heterocycles. The van der Waals surface area contributed by atoms with Crippen molar-refractivity contribution >= 4 is 69.2 Å². The maximum atomic E-state index is 13.1. The lowest BCUT2D eigenvalue weighted by atomic mass is 9.90. The van der Waals surface area contributed by atoms with Crippen molar-refractivity contribution in [2.75, 3.05) is 22.1 Å². The largest absolute Gasteiger partial charge is 0.479 e. The molecule has 1 saturated heterocycles. The summed E-state index contributed by atoms with van der Waals surface area (Å²) in [6.45, 7) is 7.64. The Labute approximate surface area is 235 Å². The lowest BCUT2D eigenvalue weighted by Crippen LogP contribution is -2.45. The first-order valence-electron chi connectivity index (χ1n) is 11.9. The number of carboxylic acids is 1. The van der Waals surface area contributed by atoms with Crippen molar-refractivity contribution in [2.45, 2.75) is 58.1 Å². The van der Waals surface area contributed by atoms with Crippen molar-refractivity contribution < 1.29 is 24.2 Å². The van der Waals surface area contributed by atoms with E-state index in [1.165, 1.54) is 0 Å². The number of rotatable bonds is 8. The van der Waals surface area contributed by atoms with Crippen LogP contribution in [0.1, 0.15) is 47.0 Å². The second-order valence-electron chi connectivity index (χ2n) is 9.80. The van der Waals surface area contributed by atoms with Gasteiger partial charge in [-0.05, 0) is 105 Å². The maximum Gasteiger partial charge on any atom is 0.412 e. The van der Waals surface area contributed by atoms with Crippen LogP contribution in [0.5, 0.6) is 0 Å². The molecule has 198 valence electrons. The normalized spacial score (nSPS) is 16.4. The summed E-state index contributed by atoms with van der Waals surface area (Å²) in [6.07, 6.45) is 2.11. The van der Waals surface area contributed by atoms with Gasteiger partial charge < -0.3 is 20.1 Å². The van der Waals surface area contributed by atoms with E-state index in [9.17, 15) is 19.5 Å². The highest BCUT2D eigenvalue weighted by Crippen LogP contribution is 2.32. The average molecular weight is 640 g/mol. The van der Waals surface area contributed by atoms with Crippen LogP contribution in [0.3, 0.4) is 0 Å². The van der Waals surface area contributed by atoms with Crippen molar-refractivity contribution in [3.8, 4) is 0 Å². The van der Waals surface area contributed by atoms with E-state index in [2.05, 4.69) is 33.2 Å². The fraction of sp³-hybridized carbons (Fsp3) is 0.370. The Kier molecular flexibility index (Phi) is 9.12. The van der Waals surface area contributed by atoms with E-state index in [0.717, 1.165) is 3.57 Å². The minimum Gasteiger partial charge on any atom is -0.479 e. The van der Waals surface area contributed by atoms with Gasteiger partial charge in [-0.15, -0.1) is 0 Å². The molecule has 8 nitrogen and oxygen atoms in total. The molecule has 1 fully saturated rings. The van der Waals surface area contributed by atoms with Gasteiger partial charge in [0.2, 0.25) is 0 Å². The Bertz CT molecular complexity index is 1210. The van der Waals surface area contributed by atoms with Gasteiger partial charge in [-0.25, -0.2) is 9.59 Å². The lowest BCUT2D eigenvalue weighted by molar-refractivity contribution is -0.142. The molecule has 0 aromatic heterocycles. The second-order valence-corrected chi connectivity index (χ2v) is 11.4. The summed E-state index contributed by atoms with van der Waals surface area (Å²) in [5.74, 6) is -1.17. The van der Waals surface area contributed by atoms with E-state index in [1.807, 2.05) is 6.07 Å². The standard InChI is InChI=1S/C27H31ClIN3O5/c1-5-27(24(34)35,31-22-16-18(28)6-11-21(22)29)14-12-17-13-15-32(23(17)33)20-9-7-19(8-10-20)30-25(36)37-26(2,3)4/h6-12,16,31H,5,13-15H2,1-4H3,(H,30,36)(H,34,35)/b17-12-. The van der Waals surface area contributed by atoms with Gasteiger partial charge >= 0.3 is 12.1 Å². The number of benzene rings is 2. The number of hydrogen-bond acceptors (Lipinski definition) is 5. The molecular weight excluding hydrogens is 609 g/mol. The van der Waals surface area contributed by atoms with Gasteiger partial charge in [0.1, 0.15) is 11.1 Å². The van der Waals surface area contributed by atoms with Crippen LogP contribution in [0, 0.1) is 3.57 Å². The number of anilines is 3. The minimum atomic E-state index is -1.29. The molecule has 37 heavy (non-hydrogen) atoms. The molecule has 1 unspecified atom stereocenters. The number of carboxylic acid groups (broad SMARTS) is 1. The zero-order chi connectivity index (χ0) is 27.4. The average Bonchev–Trinajstić information content (AvgIpc) is 3.18. The van der Waals surface area contributed by atoms with E-state index in [-0.39, 0.29) is 12.3 Å². The van der Waals surface area contributed by atoms with Crippen LogP contribution in [0.2, 0.25) is 5.02 Å². The summed E-state index contributed by atoms with van der Waals surface area (Å²) < 4.78 is 6.11. The predicted molar refractivity (Wildman–Crippen MR) is 154 cm³/mol. The molecule has 1 heterocycles. The molecule has 2 amide bonds. The molecule has 0 saturated carbocycles. The molecule has 3 N–H and O–H groups in total. The Balaban J connectivity index is 1.72. The zero-order valence-electron chi connectivity index (χ0n) is 21.2. The van der Waals surface area contributed by atoms with E-state index >= 15 is 0 Å². The molecule has 10 heteroatoms. The van der Waals surface area contributed by atoms with Gasteiger partial charge in [0.15, 0.2) is 0 Å². The van der Waals surface area contributed by atoms with Gasteiger partial charge in [-0.2, -0.15) is 0 Å². The molecule has 0 radical (unpaired) electrons. The highest BCUT2D eigenvalue weighted by Gasteiger charge is 2.37. The third-order valence-corrected chi connectivity index (χ3v) is 7.14. The molecule has 3 rings (SSSR count). The van der Waals surface area contributed by atoms with Crippen LogP contribution in [0.15, 0.2) is 54.1 Å². The van der Waals surface area contributed by atoms with Gasteiger partial charge in [0.05, 0.1) is 0 Å². The molecule has 2 aromatic carbocycles. The predicted octanol–water partition coefficient (Wildman–Crippen LogP) is 6.69. The first-order chi connectivity index (χ1) is 17.3. The molecular formula is C27H31ClIN3O5. The van der Waals surface area contributed by atoms with Crippen LogP contribution in [0.4, 0.5) is 21.9 Å². The van der Waals surface area contributed by atoms with Crippen LogP contribution >= 0.6 is 34.2 Å². The lowest BCUT2D eigenvalue weighted by Gasteiger charge is -2.30. The number of carbonyl (C=O) groups excluding carboxylic acids is 2. The van der Waals surface area contributed by atoms with E-state index in [1.54, 1.807) is 75.1 Å². The number of amides is 2. The van der Waals surface area contributed by atoms with E-state index in [4.69, 9.17) is 16.3 Å². The highest BCUT2D eigenvalue weighted by molar-refractivity contribution is 14.1. The smallest absolute Gasteiger partial charge is 0.412 e. The summed E-state index contributed by atoms with van der Waals surface area (Å²) >= 11 is 8.25. The summed E-state index contributed by atoms with van der Waals surface area (Å²) in [5.41, 5.74) is 0.548. The third-order valence-electron chi connectivity index (χ3n) is 5.96. The van der Waals surface area contributed by atoms with Gasteiger partial charge in [-0.1, -0.05) is 24.6 Å². The van der Waals surface area contributed by atoms with Gasteiger partial charge in [0.25, 0.3) is 5.91 Å². The quantitative estimate of drug-likeness (QED) is 0.220. The fourth-order valence-corrected chi connectivity index (χ4v) is 4.56. The van der Waals surface area contributed by atoms with Crippen molar-refractivity contribution in [1.29, 1.82) is 0 Å².